The van der Waals surface area contributed by atoms with Crippen LogP contribution in [0.15, 0.2) is 94.6 Å². The van der Waals surface area contributed by atoms with Gasteiger partial charge in [-0.25, -0.2) is 4.68 Å². The van der Waals surface area contributed by atoms with E-state index < -0.39 is 0 Å². The van der Waals surface area contributed by atoms with Crippen LogP contribution >= 0.6 is 15.9 Å². The molecular formula is C28H18BrN5O3. The number of fused-ring (bicyclic) bond motifs is 3. The van der Waals surface area contributed by atoms with E-state index in [2.05, 4.69) is 31.2 Å². The molecule has 0 aliphatic carbocycles. The van der Waals surface area contributed by atoms with E-state index in [0.29, 0.717) is 40.1 Å². The Bertz CT molecular complexity index is 1880. The van der Waals surface area contributed by atoms with Crippen LogP contribution in [0.5, 0.6) is 17.2 Å². The molecule has 7 rings (SSSR count). The number of aromatic nitrogens is 5. The van der Waals surface area contributed by atoms with Crippen LogP contribution in [-0.2, 0) is 13.2 Å². The highest BCUT2D eigenvalue weighted by Gasteiger charge is 2.24. The van der Waals surface area contributed by atoms with Crippen LogP contribution in [0.4, 0.5) is 0 Å². The summed E-state index contributed by atoms with van der Waals surface area (Å²) in [5, 5.41) is 8.89. The van der Waals surface area contributed by atoms with Crippen molar-refractivity contribution >= 4 is 37.9 Å². The summed E-state index contributed by atoms with van der Waals surface area (Å²) in [5.41, 5.74) is 4.73. The number of ether oxygens (including phenoxy) is 2. The van der Waals surface area contributed by atoms with Crippen LogP contribution in [0.3, 0.4) is 0 Å². The molecule has 0 saturated carbocycles. The van der Waals surface area contributed by atoms with Crippen LogP contribution in [0.2, 0.25) is 0 Å². The van der Waals surface area contributed by atoms with Crippen molar-refractivity contribution in [2.75, 3.05) is 0 Å². The first-order valence-electron chi connectivity index (χ1n) is 11.6. The quantitative estimate of drug-likeness (QED) is 0.276. The lowest BCUT2D eigenvalue weighted by Gasteiger charge is -2.25. The average Bonchev–Trinajstić information content (AvgIpc) is 3.34. The average molecular weight is 552 g/mol. The molecule has 6 aromatic rings. The molecule has 0 N–H and O–H groups in total. The minimum Gasteiger partial charge on any atom is -0.471 e. The van der Waals surface area contributed by atoms with Gasteiger partial charge in [0.1, 0.15) is 16.8 Å². The summed E-state index contributed by atoms with van der Waals surface area (Å²) in [5.74, 6) is 1.74. The van der Waals surface area contributed by atoms with Gasteiger partial charge in [-0.1, -0.05) is 39.3 Å². The largest absolute Gasteiger partial charge is 0.471 e. The van der Waals surface area contributed by atoms with Gasteiger partial charge in [0.2, 0.25) is 0 Å². The first-order valence-corrected chi connectivity index (χ1v) is 12.4. The molecule has 0 unspecified atom stereocenters. The summed E-state index contributed by atoms with van der Waals surface area (Å²) in [6.45, 7) is 0.137. The predicted octanol–water partition coefficient (Wildman–Crippen LogP) is 5.63. The molecule has 1 aliphatic heterocycles. The molecule has 0 fully saturated rings. The van der Waals surface area contributed by atoms with E-state index in [-0.39, 0.29) is 12.2 Å². The summed E-state index contributed by atoms with van der Waals surface area (Å²) < 4.78 is 17.0. The van der Waals surface area contributed by atoms with Gasteiger partial charge in [0.15, 0.2) is 23.7 Å². The highest BCUT2D eigenvalue weighted by atomic mass is 79.9. The standard InChI is InChI=1S/C28H18BrN5O3/c29-19-7-8-25-24(11-19)33-15-18(10-17-4-3-9-30-14-17)28(35)21-12-20(13-26(37-25)27(21)33)36-16-34-23-6-2-1-5-22(23)31-32-34/h1-9,11-15H,10,16H2. The summed E-state index contributed by atoms with van der Waals surface area (Å²) in [6, 6.07) is 20.9. The predicted molar refractivity (Wildman–Crippen MR) is 143 cm³/mol. The number of halogens is 1. The van der Waals surface area contributed by atoms with Crippen molar-refractivity contribution < 1.29 is 9.47 Å². The third-order valence-electron chi connectivity index (χ3n) is 6.40. The molecule has 0 atom stereocenters. The molecule has 0 amide bonds. The number of para-hydroxylation sites is 1. The third-order valence-corrected chi connectivity index (χ3v) is 6.90. The molecule has 3 aromatic carbocycles. The fourth-order valence-corrected chi connectivity index (χ4v) is 5.04. The Labute approximate surface area is 218 Å². The normalized spacial score (nSPS) is 11.9. The molecule has 8 nitrogen and oxygen atoms in total. The second kappa shape index (κ2) is 8.56. The second-order valence-electron chi connectivity index (χ2n) is 8.77. The summed E-state index contributed by atoms with van der Waals surface area (Å²) >= 11 is 3.56. The van der Waals surface area contributed by atoms with E-state index in [1.807, 2.05) is 71.4 Å². The van der Waals surface area contributed by atoms with E-state index in [9.17, 15) is 4.79 Å². The number of benzene rings is 3. The zero-order chi connectivity index (χ0) is 24.9. The molecular weight excluding hydrogens is 534 g/mol. The first-order chi connectivity index (χ1) is 18.1. The van der Waals surface area contributed by atoms with E-state index in [1.54, 1.807) is 23.1 Å². The lowest BCUT2D eigenvalue weighted by molar-refractivity contribution is 0.223. The maximum Gasteiger partial charge on any atom is 0.193 e. The van der Waals surface area contributed by atoms with E-state index >= 15 is 0 Å². The van der Waals surface area contributed by atoms with Crippen LogP contribution in [-0.4, -0.2) is 24.5 Å². The minimum atomic E-state index is -0.0740. The van der Waals surface area contributed by atoms with Crippen LogP contribution in [0.1, 0.15) is 11.1 Å². The molecule has 0 spiro atoms. The molecule has 4 heterocycles. The van der Waals surface area contributed by atoms with Gasteiger partial charge in [0.25, 0.3) is 0 Å². The number of hydrogen-bond donors (Lipinski definition) is 0. The van der Waals surface area contributed by atoms with Crippen LogP contribution in [0.25, 0.3) is 27.6 Å². The lowest BCUT2D eigenvalue weighted by Crippen LogP contribution is -2.18. The molecule has 3 aromatic heterocycles. The Morgan fingerprint density at radius 1 is 1.00 bits per heavy atom. The molecule has 37 heavy (non-hydrogen) atoms. The van der Waals surface area contributed by atoms with Crippen LogP contribution < -0.4 is 14.9 Å². The highest BCUT2D eigenvalue weighted by molar-refractivity contribution is 9.10. The monoisotopic (exact) mass is 551 g/mol. The van der Waals surface area contributed by atoms with Gasteiger partial charge >= 0.3 is 0 Å². The number of nitrogens with zero attached hydrogens (tertiary/aromatic N) is 5. The molecule has 1 aliphatic rings. The molecule has 0 bridgehead atoms. The summed E-state index contributed by atoms with van der Waals surface area (Å²) in [7, 11) is 0. The van der Waals surface area contributed by atoms with Crippen LogP contribution in [0, 0.1) is 0 Å². The number of pyridine rings is 2. The highest BCUT2D eigenvalue weighted by Crippen LogP contribution is 2.42. The summed E-state index contributed by atoms with van der Waals surface area (Å²) in [4.78, 5) is 17.9. The van der Waals surface area contributed by atoms with Gasteiger partial charge in [-0.2, -0.15) is 0 Å². The van der Waals surface area contributed by atoms with Gasteiger partial charge in [-0.3, -0.25) is 9.78 Å². The van der Waals surface area contributed by atoms with Gasteiger partial charge < -0.3 is 14.0 Å². The Morgan fingerprint density at radius 3 is 2.81 bits per heavy atom. The van der Waals surface area contributed by atoms with Crippen molar-refractivity contribution in [2.24, 2.45) is 0 Å². The maximum atomic E-state index is 13.7. The fourth-order valence-electron chi connectivity index (χ4n) is 4.69. The van der Waals surface area contributed by atoms with Gasteiger partial charge in [-0.15, -0.1) is 5.10 Å². The lowest BCUT2D eigenvalue weighted by atomic mass is 10.0. The summed E-state index contributed by atoms with van der Waals surface area (Å²) in [6.07, 6.45) is 5.86. The Balaban J connectivity index is 1.37. The van der Waals surface area contributed by atoms with Crippen molar-refractivity contribution in [3.8, 4) is 22.9 Å². The fraction of sp³-hybridized carbons (Fsp3) is 0.0714. The maximum absolute atomic E-state index is 13.7. The van der Waals surface area contributed by atoms with Gasteiger partial charge in [0.05, 0.1) is 16.6 Å². The first kappa shape index (κ1) is 21.8. The number of hydrogen-bond acceptors (Lipinski definition) is 6. The van der Waals surface area contributed by atoms with Crippen molar-refractivity contribution in [3.05, 3.63) is 111 Å². The SMILES string of the molecule is O=c1c(Cc2cccnc2)cn2c3c(cc(OCn4nnc5ccccc54)cc13)Oc1ccc(Br)cc1-2. The van der Waals surface area contributed by atoms with Crippen molar-refractivity contribution in [2.45, 2.75) is 13.2 Å². The third kappa shape index (κ3) is 3.75. The molecule has 9 heteroatoms. The van der Waals surface area contributed by atoms with E-state index in [0.717, 1.165) is 26.8 Å². The van der Waals surface area contributed by atoms with Crippen molar-refractivity contribution in [1.29, 1.82) is 0 Å². The molecule has 0 saturated heterocycles. The van der Waals surface area contributed by atoms with E-state index in [1.165, 1.54) is 0 Å². The zero-order valence-electron chi connectivity index (χ0n) is 19.3. The molecule has 180 valence electrons. The Hall–Kier alpha value is -4.50. The van der Waals surface area contributed by atoms with Gasteiger partial charge in [-0.05, 0) is 48.0 Å². The van der Waals surface area contributed by atoms with Crippen molar-refractivity contribution in [3.63, 3.8) is 0 Å². The van der Waals surface area contributed by atoms with Crippen molar-refractivity contribution in [1.82, 2.24) is 24.5 Å². The Kier molecular flexibility index (Phi) is 5.03. The smallest absolute Gasteiger partial charge is 0.193 e. The topological polar surface area (TPSA) is 84.1 Å². The van der Waals surface area contributed by atoms with E-state index in [4.69, 9.17) is 9.47 Å². The molecule has 0 radical (unpaired) electrons. The number of rotatable bonds is 5. The minimum absolute atomic E-state index is 0.0740. The van der Waals surface area contributed by atoms with Gasteiger partial charge in [0, 0.05) is 41.1 Å². The Morgan fingerprint density at radius 2 is 1.92 bits per heavy atom. The second-order valence-corrected chi connectivity index (χ2v) is 9.69. The zero-order valence-corrected chi connectivity index (χ0v) is 20.9.